The number of ether oxygens (including phenoxy) is 1. The molecule has 0 aliphatic rings. The zero-order valence-corrected chi connectivity index (χ0v) is 18.1. The third-order valence-corrected chi connectivity index (χ3v) is 6.09. The number of anilines is 1. The van der Waals surface area contributed by atoms with Crippen molar-refractivity contribution in [3.05, 3.63) is 52.2 Å². The summed E-state index contributed by atoms with van der Waals surface area (Å²) in [5, 5.41) is 7.24. The highest BCUT2D eigenvalue weighted by Gasteiger charge is 2.10. The molecule has 3 aromatic rings. The average Bonchev–Trinajstić information content (AvgIpc) is 3.35. The summed E-state index contributed by atoms with van der Waals surface area (Å²) < 4.78 is 5.96. The van der Waals surface area contributed by atoms with Crippen molar-refractivity contribution in [2.45, 2.75) is 46.0 Å². The van der Waals surface area contributed by atoms with E-state index < -0.39 is 0 Å². The Kier molecular flexibility index (Phi) is 8.06. The van der Waals surface area contributed by atoms with Crippen LogP contribution in [0.4, 0.5) is 5.13 Å². The molecule has 2 aromatic heterocycles. The first kappa shape index (κ1) is 20.6. The highest BCUT2D eigenvalue weighted by molar-refractivity contribution is 7.17. The number of para-hydroxylation sites is 1. The van der Waals surface area contributed by atoms with E-state index in [2.05, 4.69) is 40.8 Å². The third kappa shape index (κ3) is 5.91. The molecule has 0 fully saturated rings. The Balaban J connectivity index is 1.55. The van der Waals surface area contributed by atoms with E-state index >= 15 is 0 Å². The lowest BCUT2D eigenvalue weighted by atomic mass is 10.2. The van der Waals surface area contributed by atoms with Gasteiger partial charge in [0.05, 0.1) is 23.4 Å². The van der Waals surface area contributed by atoms with Gasteiger partial charge in [-0.05, 0) is 36.9 Å². The molecular formula is C22H27N3OS2. The molecule has 2 heterocycles. The molecule has 0 radical (unpaired) electrons. The van der Waals surface area contributed by atoms with Gasteiger partial charge in [-0.2, -0.15) is 5.10 Å². The number of thiazole rings is 1. The third-order valence-electron chi connectivity index (χ3n) is 4.34. The molecule has 148 valence electrons. The Labute approximate surface area is 175 Å². The largest absolute Gasteiger partial charge is 0.493 e. The number of aromatic nitrogens is 1. The lowest BCUT2D eigenvalue weighted by molar-refractivity contribution is 0.304. The van der Waals surface area contributed by atoms with Gasteiger partial charge in [0.1, 0.15) is 5.75 Å². The number of hydrazone groups is 1. The van der Waals surface area contributed by atoms with Gasteiger partial charge in [0, 0.05) is 10.4 Å². The highest BCUT2D eigenvalue weighted by Crippen LogP contribution is 2.32. The molecule has 0 aliphatic heterocycles. The number of unbranched alkanes of at least 4 members (excludes halogenated alkanes) is 4. The molecule has 3 rings (SSSR count). The van der Waals surface area contributed by atoms with Gasteiger partial charge in [0.2, 0.25) is 5.13 Å². The van der Waals surface area contributed by atoms with E-state index in [9.17, 15) is 0 Å². The van der Waals surface area contributed by atoms with E-state index in [4.69, 9.17) is 4.74 Å². The summed E-state index contributed by atoms with van der Waals surface area (Å²) in [6, 6.07) is 12.1. The van der Waals surface area contributed by atoms with Gasteiger partial charge >= 0.3 is 0 Å². The highest BCUT2D eigenvalue weighted by atomic mass is 32.1. The summed E-state index contributed by atoms with van der Waals surface area (Å²) in [7, 11) is 0. The number of benzene rings is 1. The van der Waals surface area contributed by atoms with Crippen molar-refractivity contribution < 1.29 is 4.74 Å². The Morgan fingerprint density at radius 2 is 1.96 bits per heavy atom. The van der Waals surface area contributed by atoms with E-state index in [1.807, 2.05) is 30.3 Å². The maximum atomic E-state index is 5.96. The van der Waals surface area contributed by atoms with Crippen LogP contribution in [0.2, 0.25) is 0 Å². The second-order valence-corrected chi connectivity index (χ2v) is 8.72. The Bertz CT molecular complexity index is 872. The molecule has 4 nitrogen and oxygen atoms in total. The van der Waals surface area contributed by atoms with Gasteiger partial charge in [-0.3, -0.25) is 5.43 Å². The predicted octanol–water partition coefficient (Wildman–Crippen LogP) is 6.98. The fraction of sp³-hybridized carbons (Fsp3) is 0.364. The molecular weight excluding hydrogens is 386 g/mol. The Morgan fingerprint density at radius 3 is 2.79 bits per heavy atom. The zero-order chi connectivity index (χ0) is 19.6. The summed E-state index contributed by atoms with van der Waals surface area (Å²) in [5.74, 6) is 0.873. The van der Waals surface area contributed by atoms with Gasteiger partial charge < -0.3 is 4.74 Å². The standard InChI is InChI=1S/C22H27N3OS2/c1-3-4-5-6-9-14-26-19-12-8-7-11-18(19)16-23-25-22-24-21(17(2)28-22)20-13-10-15-27-20/h7-8,10-13,15-16H,3-6,9,14H2,1-2H3,(H,24,25)/b23-16-. The summed E-state index contributed by atoms with van der Waals surface area (Å²) in [4.78, 5) is 7.03. The minimum Gasteiger partial charge on any atom is -0.493 e. The van der Waals surface area contributed by atoms with Crippen molar-refractivity contribution in [3.63, 3.8) is 0 Å². The summed E-state index contributed by atoms with van der Waals surface area (Å²) in [5.41, 5.74) is 5.06. The van der Waals surface area contributed by atoms with Crippen LogP contribution in [-0.2, 0) is 0 Å². The molecule has 0 amide bonds. The topological polar surface area (TPSA) is 46.5 Å². The lowest BCUT2D eigenvalue weighted by Crippen LogP contribution is -2.00. The van der Waals surface area contributed by atoms with Crippen molar-refractivity contribution in [2.75, 3.05) is 12.0 Å². The van der Waals surface area contributed by atoms with Crippen molar-refractivity contribution in [1.82, 2.24) is 4.98 Å². The van der Waals surface area contributed by atoms with E-state index in [0.29, 0.717) is 0 Å². The number of nitrogens with zero attached hydrogens (tertiary/aromatic N) is 2. The number of hydrogen-bond acceptors (Lipinski definition) is 6. The first-order chi connectivity index (χ1) is 13.8. The zero-order valence-electron chi connectivity index (χ0n) is 16.5. The average molecular weight is 414 g/mol. The summed E-state index contributed by atoms with van der Waals surface area (Å²) >= 11 is 3.32. The number of rotatable bonds is 11. The minimum absolute atomic E-state index is 0.748. The summed E-state index contributed by atoms with van der Waals surface area (Å²) in [6.45, 7) is 5.07. The molecule has 28 heavy (non-hydrogen) atoms. The van der Waals surface area contributed by atoms with Crippen molar-refractivity contribution in [3.8, 4) is 16.3 Å². The quantitative estimate of drug-likeness (QED) is 0.210. The molecule has 0 spiro atoms. The van der Waals surface area contributed by atoms with Gasteiger partial charge in [0.25, 0.3) is 0 Å². The molecule has 1 aromatic carbocycles. The lowest BCUT2D eigenvalue weighted by Gasteiger charge is -2.08. The molecule has 1 N–H and O–H groups in total. The first-order valence-corrected chi connectivity index (χ1v) is 11.5. The fourth-order valence-electron chi connectivity index (χ4n) is 2.85. The number of aryl methyl sites for hydroxylation is 1. The van der Waals surface area contributed by atoms with Gasteiger partial charge in [-0.25, -0.2) is 4.98 Å². The molecule has 0 bridgehead atoms. The Hall–Kier alpha value is -2.18. The van der Waals surface area contributed by atoms with Gasteiger partial charge in [-0.15, -0.1) is 22.7 Å². The molecule has 0 aliphatic carbocycles. The van der Waals surface area contributed by atoms with Crippen molar-refractivity contribution >= 4 is 34.0 Å². The second-order valence-electron chi connectivity index (χ2n) is 6.57. The predicted molar refractivity (Wildman–Crippen MR) is 122 cm³/mol. The van der Waals surface area contributed by atoms with Gasteiger partial charge in [-0.1, -0.05) is 50.8 Å². The maximum Gasteiger partial charge on any atom is 0.204 e. The van der Waals surface area contributed by atoms with Crippen LogP contribution in [0, 0.1) is 6.92 Å². The van der Waals surface area contributed by atoms with Gasteiger partial charge in [0.15, 0.2) is 0 Å². The van der Waals surface area contributed by atoms with Crippen LogP contribution in [-0.4, -0.2) is 17.8 Å². The molecule has 6 heteroatoms. The van der Waals surface area contributed by atoms with Crippen LogP contribution in [0.5, 0.6) is 5.75 Å². The number of thiophene rings is 1. The van der Waals surface area contributed by atoms with E-state index in [-0.39, 0.29) is 0 Å². The van der Waals surface area contributed by atoms with Crippen LogP contribution < -0.4 is 10.2 Å². The van der Waals surface area contributed by atoms with Crippen LogP contribution in [0.3, 0.4) is 0 Å². The maximum absolute atomic E-state index is 5.96. The monoisotopic (exact) mass is 413 g/mol. The van der Waals surface area contributed by atoms with E-state index in [0.717, 1.165) is 35.2 Å². The van der Waals surface area contributed by atoms with Crippen LogP contribution >= 0.6 is 22.7 Å². The Morgan fingerprint density at radius 1 is 1.11 bits per heavy atom. The molecule has 0 saturated carbocycles. The summed E-state index contributed by atoms with van der Waals surface area (Å²) in [6.07, 6.45) is 7.97. The fourth-order valence-corrected chi connectivity index (χ4v) is 4.46. The van der Waals surface area contributed by atoms with Crippen LogP contribution in [0.15, 0.2) is 46.9 Å². The normalized spacial score (nSPS) is 11.2. The number of nitrogens with one attached hydrogen (secondary N) is 1. The first-order valence-electron chi connectivity index (χ1n) is 9.80. The van der Waals surface area contributed by atoms with Crippen LogP contribution in [0.25, 0.3) is 10.6 Å². The van der Waals surface area contributed by atoms with Crippen molar-refractivity contribution in [2.24, 2.45) is 5.10 Å². The van der Waals surface area contributed by atoms with E-state index in [1.165, 1.54) is 35.4 Å². The molecule has 0 atom stereocenters. The second kappa shape index (κ2) is 11.0. The van der Waals surface area contributed by atoms with E-state index in [1.54, 1.807) is 28.9 Å². The minimum atomic E-state index is 0.748. The molecule has 0 unspecified atom stereocenters. The SMILES string of the molecule is CCCCCCCOc1ccccc1/C=N\Nc1nc(-c2cccs2)c(C)s1. The number of hydrogen-bond donors (Lipinski definition) is 1. The van der Waals surface area contributed by atoms with Crippen molar-refractivity contribution in [1.29, 1.82) is 0 Å². The smallest absolute Gasteiger partial charge is 0.204 e. The van der Waals surface area contributed by atoms with Crippen LogP contribution in [0.1, 0.15) is 49.5 Å². The molecule has 0 saturated heterocycles.